The zero-order chi connectivity index (χ0) is 14.0. The van der Waals surface area contributed by atoms with Crippen LogP contribution in [0.1, 0.15) is 22.7 Å². The van der Waals surface area contributed by atoms with Crippen LogP contribution in [0.15, 0.2) is 60.6 Å². The number of benzene rings is 2. The summed E-state index contributed by atoms with van der Waals surface area (Å²) in [6.45, 7) is 0. The molecule has 0 aliphatic carbocycles. The van der Waals surface area contributed by atoms with Crippen molar-refractivity contribution in [2.45, 2.75) is 12.5 Å². The molecule has 0 amide bonds. The van der Waals surface area contributed by atoms with Crippen LogP contribution in [0.3, 0.4) is 0 Å². The average Bonchev–Trinajstić information content (AvgIpc) is 2.34. The van der Waals surface area contributed by atoms with Gasteiger partial charge in [0.2, 0.25) is 0 Å². The average molecular weight is 201 g/mol. The Balaban J connectivity index is 2.34. The second-order valence-corrected chi connectivity index (χ2v) is 3.33. The predicted molar refractivity (Wildman–Crippen MR) is 63.5 cm³/mol. The summed E-state index contributed by atoms with van der Waals surface area (Å²) in [5, 5.41) is 0. The molecule has 0 heterocycles. The zero-order valence-corrected chi connectivity index (χ0v) is 8.33. The molecule has 0 radical (unpaired) electrons. The molecule has 2 aromatic carbocycles. The first-order chi connectivity index (χ1) is 9.00. The minimum absolute atomic E-state index is 0.231. The van der Waals surface area contributed by atoms with Gasteiger partial charge in [-0.15, -0.1) is 0 Å². The third-order valence-electron chi connectivity index (χ3n) is 2.17. The lowest BCUT2D eigenvalue weighted by Crippen LogP contribution is -2.12. The van der Waals surface area contributed by atoms with Crippen molar-refractivity contribution in [3.63, 3.8) is 0 Å². The first kappa shape index (κ1) is 6.09. The molecular formula is C14H15N. The fourth-order valence-corrected chi connectivity index (χ4v) is 1.41. The second-order valence-electron chi connectivity index (χ2n) is 3.33. The highest BCUT2D eigenvalue weighted by atomic mass is 14.6. The van der Waals surface area contributed by atoms with Crippen LogP contribution in [0.25, 0.3) is 0 Å². The number of nitrogens with two attached hydrogens (primary N) is 1. The monoisotopic (exact) mass is 201 g/mol. The summed E-state index contributed by atoms with van der Waals surface area (Å²) < 4.78 is 31.3. The number of hydrogen-bond acceptors (Lipinski definition) is 1. The maximum atomic E-state index is 7.82. The fraction of sp³-hybridized carbons (Fsp3) is 0.143. The highest BCUT2D eigenvalue weighted by molar-refractivity contribution is 5.23. The van der Waals surface area contributed by atoms with Crippen LogP contribution in [-0.4, -0.2) is 0 Å². The number of rotatable bonds is 3. The van der Waals surface area contributed by atoms with E-state index in [4.69, 9.17) is 11.2 Å². The SMILES string of the molecule is [2H]c1cccc([2H])c1CC(N)c1c([2H])cccc1[2H]. The Morgan fingerprint density at radius 3 is 2.07 bits per heavy atom. The molecule has 1 heteroatoms. The Morgan fingerprint density at radius 2 is 1.47 bits per heavy atom. The van der Waals surface area contributed by atoms with Crippen molar-refractivity contribution in [1.29, 1.82) is 0 Å². The normalized spacial score (nSPS) is 16.1. The van der Waals surface area contributed by atoms with Crippen molar-refractivity contribution in [1.82, 2.24) is 0 Å². The van der Waals surface area contributed by atoms with Crippen LogP contribution in [0.5, 0.6) is 0 Å². The van der Waals surface area contributed by atoms with Gasteiger partial charge >= 0.3 is 0 Å². The van der Waals surface area contributed by atoms with Crippen molar-refractivity contribution < 1.29 is 5.48 Å². The van der Waals surface area contributed by atoms with Crippen LogP contribution >= 0.6 is 0 Å². The van der Waals surface area contributed by atoms with Gasteiger partial charge in [0.15, 0.2) is 0 Å². The van der Waals surface area contributed by atoms with Gasteiger partial charge in [0, 0.05) is 6.04 Å². The van der Waals surface area contributed by atoms with Crippen LogP contribution in [0, 0.1) is 0 Å². The van der Waals surface area contributed by atoms with Gasteiger partial charge in [0.1, 0.15) is 0 Å². The van der Waals surface area contributed by atoms with E-state index in [1.807, 2.05) is 0 Å². The van der Waals surface area contributed by atoms with Crippen LogP contribution in [-0.2, 0) is 6.42 Å². The van der Waals surface area contributed by atoms with E-state index in [0.29, 0.717) is 17.5 Å². The standard InChI is InChI=1S/C14H15N/c15-14(13-9-5-2-6-10-13)11-12-7-3-1-4-8-12/h1-10,14H,11,15H2/i7D,8D,9D,10D. The van der Waals surface area contributed by atoms with Crippen LogP contribution in [0.2, 0.25) is 0 Å². The van der Waals surface area contributed by atoms with Gasteiger partial charge in [-0.25, -0.2) is 0 Å². The molecule has 0 aliphatic rings. The lowest BCUT2D eigenvalue weighted by molar-refractivity contribution is 0.722. The van der Waals surface area contributed by atoms with Gasteiger partial charge in [-0.1, -0.05) is 60.6 Å². The molecule has 76 valence electrons. The van der Waals surface area contributed by atoms with Gasteiger partial charge in [0.05, 0.1) is 5.48 Å². The first-order valence-corrected chi connectivity index (χ1v) is 4.87. The van der Waals surface area contributed by atoms with Crippen molar-refractivity contribution in [2.75, 3.05) is 0 Å². The molecule has 1 nitrogen and oxygen atoms in total. The number of hydrogen-bond donors (Lipinski definition) is 1. The summed E-state index contributed by atoms with van der Waals surface area (Å²) in [5.74, 6) is 0. The Labute approximate surface area is 96.2 Å². The summed E-state index contributed by atoms with van der Waals surface area (Å²) in [6.07, 6.45) is 0.292. The predicted octanol–water partition coefficient (Wildman–Crippen LogP) is 2.93. The van der Waals surface area contributed by atoms with Crippen LogP contribution < -0.4 is 5.73 Å². The first-order valence-electron chi connectivity index (χ1n) is 6.87. The highest BCUT2D eigenvalue weighted by Gasteiger charge is 2.05. The van der Waals surface area contributed by atoms with E-state index in [0.717, 1.165) is 0 Å². The quantitative estimate of drug-likeness (QED) is 0.811. The van der Waals surface area contributed by atoms with Crippen LogP contribution in [0.4, 0.5) is 0 Å². The van der Waals surface area contributed by atoms with Crippen molar-refractivity contribution in [3.05, 3.63) is 71.7 Å². The van der Waals surface area contributed by atoms with Gasteiger partial charge in [-0.05, 0) is 17.5 Å². The minimum Gasteiger partial charge on any atom is -0.324 e. The largest absolute Gasteiger partial charge is 0.324 e. The molecule has 1 unspecified atom stereocenters. The molecule has 0 fully saturated rings. The summed E-state index contributed by atoms with van der Waals surface area (Å²) in [5.41, 5.74) is 7.08. The third-order valence-corrected chi connectivity index (χ3v) is 2.17. The van der Waals surface area contributed by atoms with Crippen molar-refractivity contribution in [3.8, 4) is 0 Å². The van der Waals surface area contributed by atoms with Gasteiger partial charge in [-0.3, -0.25) is 0 Å². The molecule has 0 bridgehead atoms. The lowest BCUT2D eigenvalue weighted by Gasteiger charge is -2.11. The Hall–Kier alpha value is -1.60. The second kappa shape index (κ2) is 4.76. The van der Waals surface area contributed by atoms with Crippen molar-refractivity contribution in [2.24, 2.45) is 5.73 Å². The molecule has 1 atom stereocenters. The molecule has 2 N–H and O–H groups in total. The van der Waals surface area contributed by atoms with E-state index in [1.54, 1.807) is 36.4 Å². The molecule has 0 aliphatic heterocycles. The molecule has 0 saturated carbocycles. The Bertz CT molecular complexity index is 557. The highest BCUT2D eigenvalue weighted by Crippen LogP contribution is 2.15. The van der Waals surface area contributed by atoms with Gasteiger partial charge in [-0.2, -0.15) is 0 Å². The van der Waals surface area contributed by atoms with Crippen molar-refractivity contribution >= 4 is 0 Å². The molecule has 2 aromatic rings. The van der Waals surface area contributed by atoms with Gasteiger partial charge in [0.25, 0.3) is 0 Å². The zero-order valence-electron chi connectivity index (χ0n) is 12.3. The molecular weight excluding hydrogens is 182 g/mol. The Morgan fingerprint density at radius 1 is 0.933 bits per heavy atom. The summed E-state index contributed by atoms with van der Waals surface area (Å²) >= 11 is 0. The van der Waals surface area contributed by atoms with E-state index in [2.05, 4.69) is 0 Å². The van der Waals surface area contributed by atoms with E-state index in [9.17, 15) is 0 Å². The fourth-order valence-electron chi connectivity index (χ4n) is 1.41. The van der Waals surface area contributed by atoms with E-state index in [-0.39, 0.29) is 24.2 Å². The molecule has 0 aromatic heterocycles. The van der Waals surface area contributed by atoms with Gasteiger partial charge < -0.3 is 5.73 Å². The Kier molecular flexibility index (Phi) is 1.93. The molecule has 2 rings (SSSR count). The smallest absolute Gasteiger partial charge is 0.0626 e. The molecule has 15 heavy (non-hydrogen) atoms. The maximum Gasteiger partial charge on any atom is 0.0626 e. The molecule has 0 spiro atoms. The third kappa shape index (κ3) is 2.67. The summed E-state index contributed by atoms with van der Waals surface area (Å²) in [4.78, 5) is 0. The lowest BCUT2D eigenvalue weighted by atomic mass is 10.00. The van der Waals surface area contributed by atoms with E-state index < -0.39 is 6.04 Å². The topological polar surface area (TPSA) is 26.0 Å². The van der Waals surface area contributed by atoms with E-state index >= 15 is 0 Å². The summed E-state index contributed by atoms with van der Waals surface area (Å²) in [6, 6.07) is 10.2. The van der Waals surface area contributed by atoms with E-state index in [1.165, 1.54) is 0 Å². The molecule has 0 saturated heterocycles. The maximum absolute atomic E-state index is 7.82. The minimum atomic E-state index is -0.545. The summed E-state index contributed by atoms with van der Waals surface area (Å²) in [7, 11) is 0.